The number of likely N-dealkylation sites (tertiary alicyclic amines) is 1. The van der Waals surface area contributed by atoms with Crippen molar-refractivity contribution in [1.82, 2.24) is 24.3 Å². The summed E-state index contributed by atoms with van der Waals surface area (Å²) < 4.78 is 7.52. The minimum Gasteiger partial charge on any atom is -0.489 e. The summed E-state index contributed by atoms with van der Waals surface area (Å²) in [5.41, 5.74) is 10.9. The first-order chi connectivity index (χ1) is 19.0. The number of rotatable bonds is 8. The Labute approximate surface area is 234 Å². The molecule has 216 valence electrons. The number of nitrogens with zero attached hydrogens (tertiary/aromatic N) is 5. The van der Waals surface area contributed by atoms with Crippen LogP contribution in [0, 0.1) is 17.8 Å². The molecule has 0 radical (unpaired) electrons. The highest BCUT2D eigenvalue weighted by Gasteiger charge is 2.54. The van der Waals surface area contributed by atoms with E-state index in [0.29, 0.717) is 37.8 Å². The quantitative estimate of drug-likeness (QED) is 0.429. The van der Waals surface area contributed by atoms with E-state index in [2.05, 4.69) is 22.1 Å². The fourth-order valence-corrected chi connectivity index (χ4v) is 5.93. The van der Waals surface area contributed by atoms with Crippen molar-refractivity contribution in [2.24, 2.45) is 29.2 Å². The lowest BCUT2D eigenvalue weighted by Gasteiger charge is -2.37. The molecule has 0 spiro atoms. The van der Waals surface area contributed by atoms with Gasteiger partial charge in [-0.3, -0.25) is 19.6 Å². The molecule has 0 bridgehead atoms. The van der Waals surface area contributed by atoms with Crippen molar-refractivity contribution in [2.45, 2.75) is 32.4 Å². The first-order valence-electron chi connectivity index (χ1n) is 14.0. The lowest BCUT2D eigenvalue weighted by atomic mass is 10.1. The number of fused-ring (bicyclic) bond motifs is 1. The molecule has 40 heavy (non-hydrogen) atoms. The lowest BCUT2D eigenvalue weighted by Crippen LogP contribution is -2.58. The van der Waals surface area contributed by atoms with Gasteiger partial charge in [0.1, 0.15) is 17.7 Å². The number of hydrogen-bond donors (Lipinski definition) is 3. The van der Waals surface area contributed by atoms with Crippen LogP contribution in [0.15, 0.2) is 41.3 Å². The highest BCUT2D eigenvalue weighted by Crippen LogP contribution is 2.50. The molecule has 3 heterocycles. The summed E-state index contributed by atoms with van der Waals surface area (Å²) in [6.45, 7) is 10.8. The van der Waals surface area contributed by atoms with Gasteiger partial charge in [-0.25, -0.2) is 9.59 Å². The molecule has 1 saturated carbocycles. The van der Waals surface area contributed by atoms with Crippen LogP contribution in [0.5, 0.6) is 5.75 Å². The number of urea groups is 1. The third kappa shape index (κ3) is 6.13. The summed E-state index contributed by atoms with van der Waals surface area (Å²) >= 11 is 0. The minimum absolute atomic E-state index is 0.0444. The van der Waals surface area contributed by atoms with Gasteiger partial charge >= 0.3 is 11.7 Å². The summed E-state index contributed by atoms with van der Waals surface area (Å²) in [5, 5.41) is 2.68. The van der Waals surface area contributed by atoms with Gasteiger partial charge in [-0.05, 0) is 75.4 Å². The van der Waals surface area contributed by atoms with Crippen molar-refractivity contribution in [3.63, 3.8) is 0 Å². The summed E-state index contributed by atoms with van der Waals surface area (Å²) in [7, 11) is 0. The maximum absolute atomic E-state index is 12.7. The molecule has 12 heteroatoms. The van der Waals surface area contributed by atoms with E-state index in [1.807, 2.05) is 24.3 Å². The number of piperazine rings is 1. The van der Waals surface area contributed by atoms with Crippen LogP contribution in [-0.4, -0.2) is 100 Å². The molecular weight excluding hydrogens is 512 g/mol. The molecule has 5 N–H and O–H groups in total. The summed E-state index contributed by atoms with van der Waals surface area (Å²) in [6, 6.07) is 8.52. The molecule has 3 aliphatic rings. The fourth-order valence-electron chi connectivity index (χ4n) is 5.93. The Morgan fingerprint density at radius 3 is 2.27 bits per heavy atom. The summed E-state index contributed by atoms with van der Waals surface area (Å²) in [5.74, 6) is 3.00. The van der Waals surface area contributed by atoms with Gasteiger partial charge in [-0.15, -0.1) is 0 Å². The summed E-state index contributed by atoms with van der Waals surface area (Å²) in [6.07, 6.45) is 1.62. The van der Waals surface area contributed by atoms with E-state index in [9.17, 15) is 14.4 Å². The molecule has 2 saturated heterocycles. The second kappa shape index (κ2) is 11.2. The largest absolute Gasteiger partial charge is 0.489 e. The number of benzene rings is 1. The van der Waals surface area contributed by atoms with Crippen LogP contribution < -0.4 is 27.2 Å². The topological polar surface area (TPSA) is 152 Å². The zero-order valence-electron chi connectivity index (χ0n) is 23.5. The van der Waals surface area contributed by atoms with Gasteiger partial charge in [-0.2, -0.15) is 4.98 Å². The second-order valence-electron chi connectivity index (χ2n) is 11.8. The number of piperidine rings is 1. The van der Waals surface area contributed by atoms with E-state index in [-0.39, 0.29) is 23.9 Å². The molecule has 2 aliphatic heterocycles. The molecular formula is C28H40N8O4. The maximum Gasteiger partial charge on any atom is 0.354 e. The average molecular weight is 553 g/mol. The van der Waals surface area contributed by atoms with E-state index in [0.717, 1.165) is 43.8 Å². The fraction of sp³-hybridized carbons (Fsp3) is 0.571. The standard InChI is InChI=1S/C28H40N8O4/c1-18(15-33-16-22-21(14-29)23(22)17-33)40-20-6-4-19(5-7-20)36-9-8-24(32-27(36)39)31-26(38)35-12-10-34(11-13-35)25(37)28(2,3)30/h4-9,18,21-23H,10-17,29-30H2,1-3H3,(H,31,32,38,39). The predicted octanol–water partition coefficient (Wildman–Crippen LogP) is 0.550. The number of nitrogens with one attached hydrogen (secondary N) is 1. The molecule has 1 aromatic carbocycles. The van der Waals surface area contributed by atoms with Gasteiger partial charge in [-0.1, -0.05) is 0 Å². The van der Waals surface area contributed by atoms with E-state index in [1.54, 1.807) is 35.9 Å². The van der Waals surface area contributed by atoms with Crippen LogP contribution >= 0.6 is 0 Å². The molecule has 5 rings (SSSR count). The second-order valence-corrected chi connectivity index (χ2v) is 11.8. The van der Waals surface area contributed by atoms with Crippen LogP contribution in [0.3, 0.4) is 0 Å². The Bertz CT molecular complexity index is 1270. The van der Waals surface area contributed by atoms with Crippen molar-refractivity contribution in [1.29, 1.82) is 0 Å². The Kier molecular flexibility index (Phi) is 7.85. The number of nitrogens with two attached hydrogens (primary N) is 2. The third-order valence-corrected chi connectivity index (χ3v) is 8.13. The van der Waals surface area contributed by atoms with Crippen LogP contribution in [0.2, 0.25) is 0 Å². The average Bonchev–Trinajstić information content (AvgIpc) is 3.40. The normalized spacial score (nSPS) is 23.5. The molecule has 3 fully saturated rings. The number of ether oxygens (including phenoxy) is 1. The number of carbonyl (C=O) groups excluding carboxylic acids is 2. The Morgan fingerprint density at radius 2 is 1.70 bits per heavy atom. The Balaban J connectivity index is 1.11. The highest BCUT2D eigenvalue weighted by molar-refractivity contribution is 5.89. The molecule has 3 unspecified atom stereocenters. The molecule has 3 atom stereocenters. The van der Waals surface area contributed by atoms with Gasteiger partial charge in [0.15, 0.2) is 0 Å². The van der Waals surface area contributed by atoms with E-state index in [1.165, 1.54) is 4.57 Å². The first-order valence-corrected chi connectivity index (χ1v) is 14.0. The molecule has 2 aromatic rings. The number of hydrogen-bond acceptors (Lipinski definition) is 8. The number of amides is 3. The van der Waals surface area contributed by atoms with E-state index < -0.39 is 11.2 Å². The lowest BCUT2D eigenvalue weighted by molar-refractivity contribution is -0.137. The zero-order chi connectivity index (χ0) is 28.6. The first kappa shape index (κ1) is 28.1. The smallest absolute Gasteiger partial charge is 0.354 e. The number of anilines is 1. The number of aromatic nitrogens is 2. The minimum atomic E-state index is -0.951. The van der Waals surface area contributed by atoms with Crippen molar-refractivity contribution in [2.75, 3.05) is 57.7 Å². The maximum atomic E-state index is 12.7. The van der Waals surface area contributed by atoms with Crippen molar-refractivity contribution < 1.29 is 14.3 Å². The monoisotopic (exact) mass is 552 g/mol. The van der Waals surface area contributed by atoms with Gasteiger partial charge in [0.2, 0.25) is 5.91 Å². The highest BCUT2D eigenvalue weighted by atomic mass is 16.5. The Hall–Kier alpha value is -3.48. The molecule has 1 aliphatic carbocycles. The van der Waals surface area contributed by atoms with Gasteiger partial charge in [0.05, 0.1) is 11.2 Å². The third-order valence-electron chi connectivity index (χ3n) is 8.13. The van der Waals surface area contributed by atoms with Crippen molar-refractivity contribution in [3.8, 4) is 11.4 Å². The Morgan fingerprint density at radius 1 is 1.07 bits per heavy atom. The zero-order valence-corrected chi connectivity index (χ0v) is 23.5. The number of carbonyl (C=O) groups is 2. The van der Waals surface area contributed by atoms with E-state index >= 15 is 0 Å². The molecule has 12 nitrogen and oxygen atoms in total. The van der Waals surface area contributed by atoms with Crippen LogP contribution in [-0.2, 0) is 4.79 Å². The van der Waals surface area contributed by atoms with Crippen LogP contribution in [0.25, 0.3) is 5.69 Å². The van der Waals surface area contributed by atoms with E-state index in [4.69, 9.17) is 16.2 Å². The van der Waals surface area contributed by atoms with Gasteiger partial charge in [0.25, 0.3) is 0 Å². The van der Waals surface area contributed by atoms with Gasteiger partial charge < -0.3 is 26.0 Å². The van der Waals surface area contributed by atoms with Gasteiger partial charge in [0, 0.05) is 52.0 Å². The van der Waals surface area contributed by atoms with Crippen LogP contribution in [0.4, 0.5) is 10.6 Å². The SMILES string of the molecule is CC(CN1CC2C(CN)C2C1)Oc1ccc(-n2ccc(NC(=O)N3CCN(C(=O)C(C)(C)N)CC3)nc2=O)cc1. The van der Waals surface area contributed by atoms with Crippen LogP contribution in [0.1, 0.15) is 20.8 Å². The molecule has 3 amide bonds. The predicted molar refractivity (Wildman–Crippen MR) is 151 cm³/mol. The van der Waals surface area contributed by atoms with Crippen molar-refractivity contribution in [3.05, 3.63) is 47.0 Å². The molecule has 1 aromatic heterocycles. The van der Waals surface area contributed by atoms with Crippen molar-refractivity contribution >= 4 is 17.8 Å². The summed E-state index contributed by atoms with van der Waals surface area (Å²) in [4.78, 5) is 47.5.